The second-order valence-corrected chi connectivity index (χ2v) is 12.6. The number of anilines is 2. The topological polar surface area (TPSA) is 140 Å². The van der Waals surface area contributed by atoms with Crippen LogP contribution in [0.25, 0.3) is 16.9 Å². The summed E-state index contributed by atoms with van der Waals surface area (Å²) in [4.78, 5) is 47.0. The van der Waals surface area contributed by atoms with Crippen molar-refractivity contribution in [3.8, 4) is 11.4 Å². The van der Waals surface area contributed by atoms with Gasteiger partial charge >= 0.3 is 12.3 Å². The summed E-state index contributed by atoms with van der Waals surface area (Å²) in [5.74, 6) is -0.269. The highest BCUT2D eigenvalue weighted by Gasteiger charge is 2.70. The minimum absolute atomic E-state index is 0.00455. The Bertz CT molecular complexity index is 1720. The van der Waals surface area contributed by atoms with Crippen molar-refractivity contribution in [1.29, 1.82) is 0 Å². The molecule has 2 bridgehead atoms. The van der Waals surface area contributed by atoms with Gasteiger partial charge < -0.3 is 19.7 Å². The smallest absolute Gasteiger partial charge is 0.417 e. The molecule has 4 aliphatic rings. The third-order valence-electron chi connectivity index (χ3n) is 8.83. The number of nitrogens with one attached hydrogen (secondary N) is 2. The number of carbonyl (C=O) groups is 3. The van der Waals surface area contributed by atoms with Crippen molar-refractivity contribution in [2.45, 2.75) is 45.7 Å². The van der Waals surface area contributed by atoms with Crippen molar-refractivity contribution in [3.63, 3.8) is 0 Å². The van der Waals surface area contributed by atoms with Crippen LogP contribution in [0.3, 0.4) is 0 Å². The summed E-state index contributed by atoms with van der Waals surface area (Å²) in [5, 5.41) is 9.33. The van der Waals surface area contributed by atoms with E-state index in [2.05, 4.69) is 30.4 Å². The fourth-order valence-electron chi connectivity index (χ4n) is 6.93. The lowest BCUT2D eigenvalue weighted by Crippen LogP contribution is -2.67. The number of fused-ring (bicyclic) bond motifs is 1. The second-order valence-electron chi connectivity index (χ2n) is 12.6. The van der Waals surface area contributed by atoms with Crippen LogP contribution in [0.1, 0.15) is 44.2 Å². The molecule has 0 spiro atoms. The number of ether oxygens (including phenoxy) is 2. The minimum Gasteiger partial charge on any atom is -0.453 e. The standard InChI is InChI=1S/C31H34F3N7O5/c1-18(2)8-25(43)36-13-23(42)30-15-29(16-30,17-30)11-19-9-22-27(40-4-6-46-7-5-40)38-26(39-41(22)14-19)20-12-35-24(37-28(44)45-3)10-21(20)31(32,33)34/h8-10,12,14H,4-7,11,13,15-17H2,1-3H3,(H,36,43)(H,35,37,44)/t29-,30+. The van der Waals surface area contributed by atoms with Gasteiger partial charge in [0.2, 0.25) is 5.91 Å². The van der Waals surface area contributed by atoms with Crippen LogP contribution < -0.4 is 15.5 Å². The molecule has 1 saturated heterocycles. The third kappa shape index (κ3) is 6.02. The highest BCUT2D eigenvalue weighted by Crippen LogP contribution is 2.74. The minimum atomic E-state index is -4.80. The van der Waals surface area contributed by atoms with Gasteiger partial charge in [-0.05, 0) is 62.6 Å². The summed E-state index contributed by atoms with van der Waals surface area (Å²) in [6, 6.07) is 2.68. The monoisotopic (exact) mass is 641 g/mol. The number of Topliss-reactive ketones (excluding diaryl/α,β-unsaturated/α-hetero) is 1. The molecule has 0 radical (unpaired) electrons. The number of aromatic nitrogens is 4. The van der Waals surface area contributed by atoms with E-state index in [1.165, 1.54) is 6.08 Å². The van der Waals surface area contributed by atoms with E-state index >= 15 is 0 Å². The number of methoxy groups -OCH3 is 1. The van der Waals surface area contributed by atoms with E-state index in [1.54, 1.807) is 10.7 Å². The van der Waals surface area contributed by atoms with Gasteiger partial charge in [0.15, 0.2) is 17.4 Å². The van der Waals surface area contributed by atoms with Crippen LogP contribution >= 0.6 is 0 Å². The molecule has 3 saturated carbocycles. The molecule has 3 aliphatic carbocycles. The number of hydrogen-bond donors (Lipinski definition) is 2. The molecule has 244 valence electrons. The van der Waals surface area contributed by atoms with E-state index in [4.69, 9.17) is 4.74 Å². The number of hydrogen-bond acceptors (Lipinski definition) is 9. The summed E-state index contributed by atoms with van der Waals surface area (Å²) in [6.07, 6.45) is 1.36. The van der Waals surface area contributed by atoms with Gasteiger partial charge in [-0.25, -0.2) is 19.3 Å². The lowest BCUT2D eigenvalue weighted by atomic mass is 9.33. The molecular weight excluding hydrogens is 607 g/mol. The Morgan fingerprint density at radius 2 is 1.85 bits per heavy atom. The zero-order chi connectivity index (χ0) is 32.9. The van der Waals surface area contributed by atoms with Crippen molar-refractivity contribution in [1.82, 2.24) is 24.9 Å². The number of ketones is 1. The second kappa shape index (κ2) is 11.7. The number of rotatable bonds is 9. The van der Waals surface area contributed by atoms with Gasteiger partial charge in [-0.15, -0.1) is 5.10 Å². The molecule has 15 heteroatoms. The predicted octanol–water partition coefficient (Wildman–Crippen LogP) is 4.19. The van der Waals surface area contributed by atoms with Crippen LogP contribution in [0, 0.1) is 10.8 Å². The Labute approximate surface area is 262 Å². The summed E-state index contributed by atoms with van der Waals surface area (Å²) in [7, 11) is 1.09. The molecule has 0 aromatic carbocycles. The fourth-order valence-corrected chi connectivity index (χ4v) is 6.93. The van der Waals surface area contributed by atoms with Crippen LogP contribution in [-0.2, 0) is 31.7 Å². The first-order chi connectivity index (χ1) is 21.8. The summed E-state index contributed by atoms with van der Waals surface area (Å²) in [5.41, 5.74) is 0.581. The number of halogens is 3. The SMILES string of the molecule is COC(=O)Nc1cc(C(F)(F)F)c(-c2nc(N3CCOCC3)c3cc(C[C@]45C[C@@](C(=O)CNC(=O)C=C(C)C)(C4)C5)cn3n2)cn1. The molecule has 2 N–H and O–H groups in total. The summed E-state index contributed by atoms with van der Waals surface area (Å²) in [6.45, 7) is 5.51. The van der Waals surface area contributed by atoms with Crippen molar-refractivity contribution in [3.05, 3.63) is 47.3 Å². The average molecular weight is 642 g/mol. The van der Waals surface area contributed by atoms with Crippen LogP contribution in [-0.4, -0.2) is 77.3 Å². The molecule has 3 aromatic rings. The number of allylic oxidation sites excluding steroid dienone is 1. The quantitative estimate of drug-likeness (QED) is 0.329. The van der Waals surface area contributed by atoms with Gasteiger partial charge in [-0.3, -0.25) is 14.9 Å². The molecule has 4 heterocycles. The number of nitrogens with zero attached hydrogens (tertiary/aromatic N) is 5. The molecular formula is C31H34F3N7O5. The Kier molecular flexibility index (Phi) is 7.99. The molecule has 0 atom stereocenters. The highest BCUT2D eigenvalue weighted by molar-refractivity contribution is 5.95. The van der Waals surface area contributed by atoms with Gasteiger partial charge in [0.05, 0.1) is 38.0 Å². The first-order valence-corrected chi connectivity index (χ1v) is 14.9. The van der Waals surface area contributed by atoms with Gasteiger partial charge in [0, 0.05) is 37.0 Å². The van der Waals surface area contributed by atoms with Crippen LogP contribution in [0.4, 0.5) is 29.6 Å². The van der Waals surface area contributed by atoms with E-state index in [0.717, 1.165) is 49.8 Å². The Balaban J connectivity index is 1.27. The third-order valence-corrected chi connectivity index (χ3v) is 8.83. The summed E-state index contributed by atoms with van der Waals surface area (Å²) >= 11 is 0. The van der Waals surface area contributed by atoms with Crippen LogP contribution in [0.15, 0.2) is 36.2 Å². The lowest BCUT2D eigenvalue weighted by molar-refractivity contribution is -0.203. The molecule has 3 aromatic heterocycles. The van der Waals surface area contributed by atoms with Gasteiger partial charge in [0.1, 0.15) is 11.3 Å². The Morgan fingerprint density at radius 3 is 2.50 bits per heavy atom. The van der Waals surface area contributed by atoms with E-state index < -0.39 is 23.2 Å². The largest absolute Gasteiger partial charge is 0.453 e. The molecule has 7 rings (SSSR count). The zero-order valence-corrected chi connectivity index (χ0v) is 25.7. The first kappa shape index (κ1) is 31.5. The van der Waals surface area contributed by atoms with Gasteiger partial charge in [0.25, 0.3) is 0 Å². The number of carbonyl (C=O) groups excluding carboxylic acids is 3. The Morgan fingerprint density at radius 1 is 1.13 bits per heavy atom. The number of morpholine rings is 1. The molecule has 2 amide bonds. The lowest BCUT2D eigenvalue weighted by Gasteiger charge is -2.70. The number of amides is 2. The van der Waals surface area contributed by atoms with Gasteiger partial charge in [-0.1, -0.05) is 5.57 Å². The average Bonchev–Trinajstić information content (AvgIpc) is 3.38. The van der Waals surface area contributed by atoms with Crippen LogP contribution in [0.2, 0.25) is 0 Å². The first-order valence-electron chi connectivity index (χ1n) is 14.9. The Hall–Kier alpha value is -4.53. The van der Waals surface area contributed by atoms with Gasteiger partial charge in [-0.2, -0.15) is 13.2 Å². The fraction of sp³-hybridized carbons (Fsp3) is 0.484. The highest BCUT2D eigenvalue weighted by atomic mass is 19.4. The van der Waals surface area contributed by atoms with Crippen LogP contribution in [0.5, 0.6) is 0 Å². The van der Waals surface area contributed by atoms with E-state index in [0.29, 0.717) is 44.1 Å². The maximum atomic E-state index is 14.3. The molecule has 46 heavy (non-hydrogen) atoms. The van der Waals surface area contributed by atoms with E-state index in [1.807, 2.05) is 24.8 Å². The predicted molar refractivity (Wildman–Crippen MR) is 160 cm³/mol. The number of alkyl halides is 3. The maximum absolute atomic E-state index is 14.3. The molecule has 4 fully saturated rings. The zero-order valence-electron chi connectivity index (χ0n) is 25.7. The molecule has 1 aliphatic heterocycles. The normalized spacial score (nSPS) is 22.0. The maximum Gasteiger partial charge on any atom is 0.417 e. The van der Waals surface area contributed by atoms with E-state index in [-0.39, 0.29) is 40.9 Å². The van der Waals surface area contributed by atoms with Crippen molar-refractivity contribution < 1.29 is 37.0 Å². The molecule has 12 nitrogen and oxygen atoms in total. The van der Waals surface area contributed by atoms with E-state index in [9.17, 15) is 27.6 Å². The molecule has 0 unspecified atom stereocenters. The van der Waals surface area contributed by atoms with Crippen molar-refractivity contribution in [2.75, 3.05) is 50.2 Å². The van der Waals surface area contributed by atoms with Crippen molar-refractivity contribution >= 4 is 34.9 Å². The summed E-state index contributed by atoms with van der Waals surface area (Å²) < 4.78 is 54.3. The number of pyridine rings is 1. The van der Waals surface area contributed by atoms with Crippen molar-refractivity contribution in [2.24, 2.45) is 10.8 Å².